The van der Waals surface area contributed by atoms with Crippen LogP contribution in [0.3, 0.4) is 0 Å². The van der Waals surface area contributed by atoms with Crippen LogP contribution in [0.25, 0.3) is 0 Å². The van der Waals surface area contributed by atoms with Crippen molar-refractivity contribution in [2.75, 3.05) is 20.1 Å². The Morgan fingerprint density at radius 2 is 2.05 bits per heavy atom. The van der Waals surface area contributed by atoms with Gasteiger partial charge in [0.15, 0.2) is 0 Å². The molecule has 1 aromatic rings. The standard InChI is InChI=1S/C15H20ClN3O2/c1-17-15(21)13-3-2-8-19(13)10-14(20)18-9-11-4-6-12(16)7-5-11/h4-7,13H,2-3,8-10H2,1H3,(H,17,21)(H,18,20). The maximum Gasteiger partial charge on any atom is 0.237 e. The van der Waals surface area contributed by atoms with Crippen LogP contribution in [0.2, 0.25) is 5.02 Å². The molecule has 1 fully saturated rings. The molecule has 6 heteroatoms. The van der Waals surface area contributed by atoms with Gasteiger partial charge in [0.05, 0.1) is 12.6 Å². The summed E-state index contributed by atoms with van der Waals surface area (Å²) < 4.78 is 0. The van der Waals surface area contributed by atoms with Gasteiger partial charge in [0, 0.05) is 18.6 Å². The second-order valence-corrected chi connectivity index (χ2v) is 5.58. The number of halogens is 1. The molecule has 21 heavy (non-hydrogen) atoms. The third-order valence-electron chi connectivity index (χ3n) is 3.66. The lowest BCUT2D eigenvalue weighted by Gasteiger charge is -2.22. The fourth-order valence-corrected chi connectivity index (χ4v) is 2.65. The Morgan fingerprint density at radius 3 is 2.71 bits per heavy atom. The number of benzene rings is 1. The number of likely N-dealkylation sites (tertiary alicyclic amines) is 1. The average Bonchev–Trinajstić information content (AvgIpc) is 2.94. The first-order valence-electron chi connectivity index (χ1n) is 7.07. The average molecular weight is 310 g/mol. The number of carbonyl (C=O) groups excluding carboxylic acids is 2. The van der Waals surface area contributed by atoms with Gasteiger partial charge in [0.25, 0.3) is 0 Å². The van der Waals surface area contributed by atoms with Gasteiger partial charge in [-0.2, -0.15) is 0 Å². The van der Waals surface area contributed by atoms with Crippen LogP contribution in [-0.2, 0) is 16.1 Å². The third kappa shape index (κ3) is 4.44. The van der Waals surface area contributed by atoms with Gasteiger partial charge in [0.1, 0.15) is 0 Å². The highest BCUT2D eigenvalue weighted by Crippen LogP contribution is 2.16. The van der Waals surface area contributed by atoms with E-state index in [4.69, 9.17) is 11.6 Å². The molecule has 0 spiro atoms. The predicted molar refractivity (Wildman–Crippen MR) is 82.0 cm³/mol. The van der Waals surface area contributed by atoms with E-state index < -0.39 is 0 Å². The largest absolute Gasteiger partial charge is 0.358 e. The number of hydrogen-bond acceptors (Lipinski definition) is 3. The number of rotatable bonds is 5. The molecule has 114 valence electrons. The van der Waals surface area contributed by atoms with Gasteiger partial charge < -0.3 is 10.6 Å². The summed E-state index contributed by atoms with van der Waals surface area (Å²) >= 11 is 5.82. The fraction of sp³-hybridized carbons (Fsp3) is 0.467. The van der Waals surface area contributed by atoms with E-state index in [1.165, 1.54) is 0 Å². The highest BCUT2D eigenvalue weighted by molar-refractivity contribution is 6.30. The summed E-state index contributed by atoms with van der Waals surface area (Å²) in [5.41, 5.74) is 0.997. The Morgan fingerprint density at radius 1 is 1.33 bits per heavy atom. The molecular weight excluding hydrogens is 290 g/mol. The van der Waals surface area contributed by atoms with Gasteiger partial charge in [-0.25, -0.2) is 0 Å². The molecule has 1 unspecified atom stereocenters. The minimum absolute atomic E-state index is 0.0157. The fourth-order valence-electron chi connectivity index (χ4n) is 2.52. The molecule has 2 N–H and O–H groups in total. The van der Waals surface area contributed by atoms with Crippen LogP contribution in [0.4, 0.5) is 0 Å². The van der Waals surface area contributed by atoms with Crippen LogP contribution in [0.1, 0.15) is 18.4 Å². The smallest absolute Gasteiger partial charge is 0.237 e. The van der Waals surface area contributed by atoms with Gasteiger partial charge in [-0.1, -0.05) is 23.7 Å². The van der Waals surface area contributed by atoms with Crippen molar-refractivity contribution in [3.63, 3.8) is 0 Å². The van der Waals surface area contributed by atoms with E-state index >= 15 is 0 Å². The quantitative estimate of drug-likeness (QED) is 0.858. The molecule has 5 nitrogen and oxygen atoms in total. The molecule has 2 rings (SSSR count). The van der Waals surface area contributed by atoms with Crippen LogP contribution in [-0.4, -0.2) is 42.9 Å². The Bertz CT molecular complexity index is 504. The van der Waals surface area contributed by atoms with Crippen LogP contribution in [0.15, 0.2) is 24.3 Å². The number of carbonyl (C=O) groups is 2. The molecule has 2 amide bonds. The first-order valence-corrected chi connectivity index (χ1v) is 7.44. The summed E-state index contributed by atoms with van der Waals surface area (Å²) in [6.07, 6.45) is 1.76. The topological polar surface area (TPSA) is 61.4 Å². The van der Waals surface area contributed by atoms with E-state index in [1.54, 1.807) is 19.2 Å². The SMILES string of the molecule is CNC(=O)C1CCCN1CC(=O)NCc1ccc(Cl)cc1. The Balaban J connectivity index is 1.81. The van der Waals surface area contributed by atoms with Crippen molar-refractivity contribution < 1.29 is 9.59 Å². The van der Waals surface area contributed by atoms with Crippen molar-refractivity contribution in [3.8, 4) is 0 Å². The van der Waals surface area contributed by atoms with Gasteiger partial charge in [-0.15, -0.1) is 0 Å². The molecule has 0 radical (unpaired) electrons. The molecule has 0 bridgehead atoms. The highest BCUT2D eigenvalue weighted by atomic mass is 35.5. The van der Waals surface area contributed by atoms with E-state index in [9.17, 15) is 9.59 Å². The molecule has 0 aromatic heterocycles. The maximum atomic E-state index is 12.0. The minimum Gasteiger partial charge on any atom is -0.358 e. The lowest BCUT2D eigenvalue weighted by atomic mass is 10.2. The van der Waals surface area contributed by atoms with Crippen LogP contribution < -0.4 is 10.6 Å². The summed E-state index contributed by atoms with van der Waals surface area (Å²) in [7, 11) is 1.62. The molecule has 1 aliphatic rings. The minimum atomic E-state index is -0.184. The molecule has 0 aliphatic carbocycles. The second kappa shape index (κ2) is 7.43. The zero-order valence-electron chi connectivity index (χ0n) is 12.1. The van der Waals surface area contributed by atoms with Gasteiger partial charge in [-0.3, -0.25) is 14.5 Å². The van der Waals surface area contributed by atoms with E-state index in [-0.39, 0.29) is 24.4 Å². The van der Waals surface area contributed by atoms with Gasteiger partial charge in [-0.05, 0) is 37.1 Å². The van der Waals surface area contributed by atoms with Crippen molar-refractivity contribution in [2.24, 2.45) is 0 Å². The summed E-state index contributed by atoms with van der Waals surface area (Å²) in [5.74, 6) is -0.0845. The summed E-state index contributed by atoms with van der Waals surface area (Å²) in [4.78, 5) is 25.6. The Hall–Kier alpha value is -1.59. The number of hydrogen-bond donors (Lipinski definition) is 2. The van der Waals surface area contributed by atoms with E-state index in [2.05, 4.69) is 10.6 Å². The molecule has 1 atom stereocenters. The highest BCUT2D eigenvalue weighted by Gasteiger charge is 2.30. The summed E-state index contributed by atoms with van der Waals surface area (Å²) in [6.45, 7) is 1.51. The molecule has 1 aliphatic heterocycles. The summed E-state index contributed by atoms with van der Waals surface area (Å²) in [5, 5.41) is 6.19. The van der Waals surface area contributed by atoms with E-state index in [0.29, 0.717) is 11.6 Å². The molecule has 1 saturated heterocycles. The zero-order valence-corrected chi connectivity index (χ0v) is 12.8. The number of likely N-dealkylation sites (N-methyl/N-ethyl adjacent to an activating group) is 1. The van der Waals surface area contributed by atoms with Gasteiger partial charge in [0.2, 0.25) is 11.8 Å². The number of amides is 2. The van der Waals surface area contributed by atoms with Crippen molar-refractivity contribution in [1.82, 2.24) is 15.5 Å². The van der Waals surface area contributed by atoms with E-state index in [1.807, 2.05) is 17.0 Å². The molecular formula is C15H20ClN3O2. The monoisotopic (exact) mass is 309 g/mol. The molecule has 0 saturated carbocycles. The second-order valence-electron chi connectivity index (χ2n) is 5.15. The van der Waals surface area contributed by atoms with Crippen molar-refractivity contribution in [1.29, 1.82) is 0 Å². The zero-order chi connectivity index (χ0) is 15.2. The van der Waals surface area contributed by atoms with Crippen molar-refractivity contribution >= 4 is 23.4 Å². The first-order chi connectivity index (χ1) is 10.1. The van der Waals surface area contributed by atoms with Crippen LogP contribution in [0, 0.1) is 0 Å². The Labute approximate surface area is 129 Å². The predicted octanol–water partition coefficient (Wildman–Crippen LogP) is 1.17. The molecule has 1 heterocycles. The maximum absolute atomic E-state index is 12.0. The van der Waals surface area contributed by atoms with Crippen LogP contribution >= 0.6 is 11.6 Å². The lowest BCUT2D eigenvalue weighted by Crippen LogP contribution is -2.46. The first kappa shape index (κ1) is 15.8. The molecule has 1 aromatic carbocycles. The lowest BCUT2D eigenvalue weighted by molar-refractivity contribution is -0.127. The van der Waals surface area contributed by atoms with Crippen molar-refractivity contribution in [3.05, 3.63) is 34.9 Å². The van der Waals surface area contributed by atoms with Gasteiger partial charge >= 0.3 is 0 Å². The number of nitrogens with one attached hydrogen (secondary N) is 2. The van der Waals surface area contributed by atoms with Crippen molar-refractivity contribution in [2.45, 2.75) is 25.4 Å². The van der Waals surface area contributed by atoms with E-state index in [0.717, 1.165) is 24.9 Å². The third-order valence-corrected chi connectivity index (χ3v) is 3.91. The van der Waals surface area contributed by atoms with Crippen LogP contribution in [0.5, 0.6) is 0 Å². The normalized spacial score (nSPS) is 18.5. The summed E-state index contributed by atoms with van der Waals surface area (Å²) in [6, 6.07) is 7.17. The number of nitrogens with zero attached hydrogens (tertiary/aromatic N) is 1. The Kier molecular flexibility index (Phi) is 5.59.